The van der Waals surface area contributed by atoms with Gasteiger partial charge in [-0.15, -0.1) is 0 Å². The topological polar surface area (TPSA) is 63.6 Å². The molecule has 1 N–H and O–H groups in total. The third-order valence-electron chi connectivity index (χ3n) is 10.1. The van der Waals surface area contributed by atoms with Crippen LogP contribution in [-0.4, -0.2) is 29.4 Å². The summed E-state index contributed by atoms with van der Waals surface area (Å²) in [4.78, 5) is 25.1. The summed E-state index contributed by atoms with van der Waals surface area (Å²) in [5.41, 5.74) is 0.210. The van der Waals surface area contributed by atoms with Gasteiger partial charge in [0.25, 0.3) is 0 Å². The average Bonchev–Trinajstić information content (AvgIpc) is 2.65. The number of hydrogen-bond acceptors (Lipinski definition) is 4. The summed E-state index contributed by atoms with van der Waals surface area (Å²) in [5.74, 6) is 0.882. The van der Waals surface area contributed by atoms with Crippen LogP contribution in [0.1, 0.15) is 86.0 Å². The van der Waals surface area contributed by atoms with Gasteiger partial charge in [-0.05, 0) is 91.9 Å². The molecule has 4 aliphatic carbocycles. The van der Waals surface area contributed by atoms with E-state index in [0.29, 0.717) is 29.2 Å². The van der Waals surface area contributed by atoms with E-state index in [0.717, 1.165) is 19.3 Å². The van der Waals surface area contributed by atoms with Gasteiger partial charge in [0.1, 0.15) is 0 Å². The molecular weight excluding hydrogens is 388 g/mol. The molecule has 0 aromatic heterocycles. The van der Waals surface area contributed by atoms with Crippen molar-refractivity contribution in [3.63, 3.8) is 0 Å². The fraction of sp³-hybridized carbons (Fsp3) is 0.778. The minimum Gasteiger partial charge on any atom is -0.493 e. The van der Waals surface area contributed by atoms with Crippen molar-refractivity contribution >= 4 is 11.6 Å². The van der Waals surface area contributed by atoms with Crippen molar-refractivity contribution in [1.82, 2.24) is 0 Å². The van der Waals surface area contributed by atoms with Crippen LogP contribution in [-0.2, 0) is 14.3 Å². The van der Waals surface area contributed by atoms with Gasteiger partial charge in [-0.2, -0.15) is 0 Å². The summed E-state index contributed by atoms with van der Waals surface area (Å²) < 4.78 is 5.17. The summed E-state index contributed by atoms with van der Waals surface area (Å²) >= 11 is 0. The second-order valence-electron chi connectivity index (χ2n) is 12.3. The van der Waals surface area contributed by atoms with E-state index in [1.807, 2.05) is 6.92 Å². The van der Waals surface area contributed by atoms with Crippen molar-refractivity contribution in [1.29, 1.82) is 0 Å². The van der Waals surface area contributed by atoms with Crippen LogP contribution in [0.25, 0.3) is 0 Å². The molecule has 4 heteroatoms. The highest BCUT2D eigenvalue weighted by molar-refractivity contribution is 6.19. The predicted molar refractivity (Wildman–Crippen MR) is 121 cm³/mol. The number of Topliss-reactive ketones (excluding diaryl/α,β-unsaturated/α-hetero) is 1. The second kappa shape index (κ2) is 7.30. The summed E-state index contributed by atoms with van der Waals surface area (Å²) in [7, 11) is 1.43. The number of ether oxygens (including phenoxy) is 1. The molecule has 3 fully saturated rings. The first-order valence-corrected chi connectivity index (χ1v) is 12.1. The van der Waals surface area contributed by atoms with E-state index in [4.69, 9.17) is 4.74 Å². The molecule has 0 aliphatic heterocycles. The van der Waals surface area contributed by atoms with E-state index in [2.05, 4.69) is 27.7 Å². The molecule has 0 unspecified atom stereocenters. The van der Waals surface area contributed by atoms with Gasteiger partial charge in [0.05, 0.1) is 12.7 Å². The van der Waals surface area contributed by atoms with Crippen LogP contribution in [0.15, 0.2) is 23.5 Å². The van der Waals surface area contributed by atoms with E-state index in [1.54, 1.807) is 0 Å². The van der Waals surface area contributed by atoms with Gasteiger partial charge in [0.2, 0.25) is 5.78 Å². The molecule has 0 bridgehead atoms. The Morgan fingerprint density at radius 1 is 0.935 bits per heavy atom. The lowest BCUT2D eigenvalue weighted by molar-refractivity contribution is -0.209. The SMILES string of the molecule is COC1=CC(=O)C=C(C[C@H]2[C@]3(C)CC[C@H]4C(C)(C)CCC[C@]4(C)[C@H]3CC[C@]2(C)O)C1=O. The molecule has 4 nitrogen and oxygen atoms in total. The highest BCUT2D eigenvalue weighted by Gasteiger charge is 2.64. The number of fused-ring (bicyclic) bond motifs is 3. The van der Waals surface area contributed by atoms with Crippen LogP contribution in [0.5, 0.6) is 0 Å². The molecule has 6 atom stereocenters. The summed E-state index contributed by atoms with van der Waals surface area (Å²) in [6, 6.07) is 0. The van der Waals surface area contributed by atoms with Gasteiger partial charge in [0, 0.05) is 11.6 Å². The second-order valence-corrected chi connectivity index (χ2v) is 12.3. The summed E-state index contributed by atoms with van der Waals surface area (Å²) in [6.45, 7) is 11.7. The van der Waals surface area contributed by atoms with Gasteiger partial charge in [-0.25, -0.2) is 0 Å². The molecule has 3 saturated carbocycles. The Labute approximate surface area is 187 Å². The Hall–Kier alpha value is -1.42. The first kappa shape index (κ1) is 22.8. The lowest BCUT2D eigenvalue weighted by atomic mass is 9.38. The van der Waals surface area contributed by atoms with Gasteiger partial charge in [-0.3, -0.25) is 9.59 Å². The third kappa shape index (κ3) is 3.44. The first-order valence-electron chi connectivity index (χ1n) is 12.1. The maximum absolute atomic E-state index is 12.9. The zero-order valence-electron chi connectivity index (χ0n) is 20.2. The van der Waals surface area contributed by atoms with Crippen LogP contribution >= 0.6 is 0 Å². The molecule has 0 spiro atoms. The maximum Gasteiger partial charge on any atom is 0.223 e. The van der Waals surface area contributed by atoms with Crippen LogP contribution in [0.4, 0.5) is 0 Å². The maximum atomic E-state index is 12.9. The Bertz CT molecular complexity index is 847. The number of rotatable bonds is 3. The standard InChI is InChI=1S/C27H40O4/c1-24(2)10-7-11-25(3)20(24)8-12-26(4)21(25)9-13-27(5,30)22(26)15-17-14-18(28)16-19(31-6)23(17)29/h14,16,20-22,30H,7-13,15H2,1-6H3/t20-,21+,22-,25-,26+,27-/m0/s1. The fourth-order valence-corrected chi connectivity index (χ4v) is 8.69. The number of carbonyl (C=O) groups is 2. The Kier molecular flexibility index (Phi) is 5.36. The third-order valence-corrected chi connectivity index (χ3v) is 10.1. The lowest BCUT2D eigenvalue weighted by Crippen LogP contribution is -2.62. The van der Waals surface area contributed by atoms with Crippen LogP contribution in [0.2, 0.25) is 0 Å². The van der Waals surface area contributed by atoms with Crippen molar-refractivity contribution in [3.05, 3.63) is 23.5 Å². The number of allylic oxidation sites excluding steroid dienone is 3. The summed E-state index contributed by atoms with van der Waals surface area (Å²) in [5, 5.41) is 11.6. The van der Waals surface area contributed by atoms with Crippen LogP contribution < -0.4 is 0 Å². The van der Waals surface area contributed by atoms with Gasteiger partial charge < -0.3 is 9.84 Å². The molecule has 0 saturated heterocycles. The molecule has 4 rings (SSSR count). The van der Waals surface area contributed by atoms with Crippen molar-refractivity contribution in [3.8, 4) is 0 Å². The number of methoxy groups -OCH3 is 1. The van der Waals surface area contributed by atoms with Gasteiger partial charge in [-0.1, -0.05) is 34.1 Å². The highest BCUT2D eigenvalue weighted by atomic mass is 16.5. The predicted octanol–water partition coefficient (Wildman–Crippen LogP) is 5.39. The highest BCUT2D eigenvalue weighted by Crippen LogP contribution is 2.70. The van der Waals surface area contributed by atoms with E-state index in [9.17, 15) is 14.7 Å². The van der Waals surface area contributed by atoms with E-state index < -0.39 is 5.60 Å². The number of aliphatic hydroxyl groups is 1. The Morgan fingerprint density at radius 2 is 1.61 bits per heavy atom. The fourth-order valence-electron chi connectivity index (χ4n) is 8.69. The Balaban J connectivity index is 1.70. The van der Waals surface area contributed by atoms with Crippen LogP contribution in [0, 0.1) is 34.0 Å². The lowest BCUT2D eigenvalue weighted by Gasteiger charge is -2.67. The molecule has 172 valence electrons. The molecule has 0 aromatic carbocycles. The van der Waals surface area contributed by atoms with Crippen molar-refractivity contribution in [2.24, 2.45) is 34.0 Å². The normalized spacial score (nSPS) is 44.7. The summed E-state index contributed by atoms with van der Waals surface area (Å²) in [6.07, 6.45) is 11.0. The van der Waals surface area contributed by atoms with E-state index in [1.165, 1.54) is 44.9 Å². The largest absolute Gasteiger partial charge is 0.493 e. The average molecular weight is 429 g/mol. The molecule has 0 heterocycles. The Morgan fingerprint density at radius 3 is 2.29 bits per heavy atom. The molecule has 0 radical (unpaired) electrons. The van der Waals surface area contributed by atoms with Gasteiger partial charge >= 0.3 is 0 Å². The monoisotopic (exact) mass is 428 g/mol. The number of hydrogen-bond donors (Lipinski definition) is 1. The van der Waals surface area contributed by atoms with E-state index in [-0.39, 0.29) is 34.1 Å². The van der Waals surface area contributed by atoms with Crippen molar-refractivity contribution in [2.45, 2.75) is 91.6 Å². The smallest absolute Gasteiger partial charge is 0.223 e. The molecule has 31 heavy (non-hydrogen) atoms. The molecule has 0 amide bonds. The quantitative estimate of drug-likeness (QED) is 0.612. The minimum atomic E-state index is -0.850. The first-order chi connectivity index (χ1) is 14.3. The van der Waals surface area contributed by atoms with Crippen LogP contribution in [0.3, 0.4) is 0 Å². The van der Waals surface area contributed by atoms with E-state index >= 15 is 0 Å². The zero-order chi connectivity index (χ0) is 22.8. The van der Waals surface area contributed by atoms with Gasteiger partial charge in [0.15, 0.2) is 11.5 Å². The zero-order valence-corrected chi connectivity index (χ0v) is 20.2. The number of ketones is 2. The molecule has 0 aromatic rings. The molecular formula is C27H40O4. The minimum absolute atomic E-state index is 0.0548. The molecule has 4 aliphatic rings. The number of carbonyl (C=O) groups excluding carboxylic acids is 2. The van der Waals surface area contributed by atoms with Crippen molar-refractivity contribution in [2.75, 3.05) is 7.11 Å². The van der Waals surface area contributed by atoms with Crippen molar-refractivity contribution < 1.29 is 19.4 Å².